The van der Waals surface area contributed by atoms with Gasteiger partial charge in [0.25, 0.3) is 0 Å². The second-order valence-corrected chi connectivity index (χ2v) is 8.24. The summed E-state index contributed by atoms with van der Waals surface area (Å²) in [5.41, 5.74) is 3.43. The molecule has 0 radical (unpaired) electrons. The largest absolute Gasteiger partial charge is 0.489 e. The number of aryl methyl sites for hydroxylation is 1. The summed E-state index contributed by atoms with van der Waals surface area (Å²) in [6.07, 6.45) is 5.37. The Hall–Kier alpha value is -3.65. The van der Waals surface area contributed by atoms with E-state index < -0.39 is 0 Å². The minimum Gasteiger partial charge on any atom is -0.489 e. The minimum atomic E-state index is 0.347. The zero-order valence-electron chi connectivity index (χ0n) is 17.3. The molecule has 7 nitrogen and oxygen atoms in total. The maximum Gasteiger partial charge on any atom is 0.178 e. The topological polar surface area (TPSA) is 77.8 Å². The van der Waals surface area contributed by atoms with Crippen LogP contribution in [-0.2, 0) is 20.3 Å². The number of imidazole rings is 2. The van der Waals surface area contributed by atoms with Crippen LogP contribution in [0, 0.1) is 0 Å². The molecule has 0 aliphatic rings. The molecule has 0 aliphatic carbocycles. The molecular formula is C24H20BrN5O2. The number of halogens is 1. The lowest BCUT2D eigenvalue weighted by atomic mass is 10.2. The van der Waals surface area contributed by atoms with Crippen molar-refractivity contribution in [1.29, 1.82) is 0 Å². The average molecular weight is 490 g/mol. The average Bonchev–Trinajstić information content (AvgIpc) is 3.42. The fourth-order valence-corrected chi connectivity index (χ4v) is 3.64. The maximum atomic E-state index is 6.08. The Bertz CT molecular complexity index is 1360. The van der Waals surface area contributed by atoms with Crippen LogP contribution in [0.2, 0.25) is 0 Å². The highest BCUT2D eigenvalue weighted by Gasteiger charge is 2.12. The lowest BCUT2D eigenvalue weighted by Crippen LogP contribution is -2.03. The van der Waals surface area contributed by atoms with Crippen molar-refractivity contribution in [3.8, 4) is 22.9 Å². The van der Waals surface area contributed by atoms with E-state index in [1.165, 1.54) is 0 Å². The van der Waals surface area contributed by atoms with Crippen molar-refractivity contribution >= 4 is 27.1 Å². The molecule has 0 amide bonds. The van der Waals surface area contributed by atoms with Crippen LogP contribution in [0.4, 0.5) is 0 Å². The summed E-state index contributed by atoms with van der Waals surface area (Å²) in [7, 11) is 1.94. The number of ether oxygens (including phenoxy) is 2. The molecule has 3 heterocycles. The van der Waals surface area contributed by atoms with Gasteiger partial charge in [-0.25, -0.2) is 15.0 Å². The van der Waals surface area contributed by atoms with E-state index in [4.69, 9.17) is 9.47 Å². The van der Waals surface area contributed by atoms with Gasteiger partial charge in [-0.3, -0.25) is 0 Å². The van der Waals surface area contributed by atoms with Crippen molar-refractivity contribution in [2.75, 3.05) is 0 Å². The van der Waals surface area contributed by atoms with E-state index >= 15 is 0 Å². The molecule has 3 aromatic heterocycles. The molecule has 160 valence electrons. The van der Waals surface area contributed by atoms with E-state index in [-0.39, 0.29) is 0 Å². The van der Waals surface area contributed by atoms with Gasteiger partial charge in [-0.1, -0.05) is 30.3 Å². The number of nitrogens with zero attached hydrogens (tertiary/aromatic N) is 4. The van der Waals surface area contributed by atoms with Crippen LogP contribution in [0.3, 0.4) is 0 Å². The number of aromatic amines is 1. The summed E-state index contributed by atoms with van der Waals surface area (Å²) in [4.78, 5) is 16.6. The fourth-order valence-electron chi connectivity index (χ4n) is 3.31. The highest BCUT2D eigenvalue weighted by molar-refractivity contribution is 9.10. The Kier molecular flexibility index (Phi) is 5.60. The molecule has 5 rings (SSSR count). The summed E-state index contributed by atoms with van der Waals surface area (Å²) in [5.74, 6) is 2.89. The first-order valence-corrected chi connectivity index (χ1v) is 10.9. The van der Waals surface area contributed by atoms with E-state index in [2.05, 4.69) is 35.9 Å². The third kappa shape index (κ3) is 4.50. The number of fused-ring (bicyclic) bond motifs is 1. The molecule has 5 aromatic rings. The predicted molar refractivity (Wildman–Crippen MR) is 125 cm³/mol. The van der Waals surface area contributed by atoms with Gasteiger partial charge in [-0.15, -0.1) is 0 Å². The molecule has 0 bridgehead atoms. The lowest BCUT2D eigenvalue weighted by Gasteiger charge is -2.12. The van der Waals surface area contributed by atoms with Crippen molar-refractivity contribution in [3.63, 3.8) is 0 Å². The Balaban J connectivity index is 1.46. The minimum absolute atomic E-state index is 0.347. The zero-order valence-corrected chi connectivity index (χ0v) is 18.9. The molecule has 32 heavy (non-hydrogen) atoms. The summed E-state index contributed by atoms with van der Waals surface area (Å²) < 4.78 is 15.0. The normalized spacial score (nSPS) is 11.1. The second kappa shape index (κ2) is 8.84. The van der Waals surface area contributed by atoms with Crippen molar-refractivity contribution in [2.24, 2.45) is 7.05 Å². The number of nitrogens with one attached hydrogen (secondary N) is 1. The van der Waals surface area contributed by atoms with Gasteiger partial charge in [-0.2, -0.15) is 0 Å². The molecular weight excluding hydrogens is 470 g/mol. The zero-order chi connectivity index (χ0) is 21.9. The van der Waals surface area contributed by atoms with Crippen molar-refractivity contribution in [2.45, 2.75) is 13.2 Å². The standard InChI is InChI=1S/C24H20BrN5O2/c1-30-8-7-26-22(30)15-32-20-10-17(23-28-21-11-18(25)13-27-24(21)29-23)9-19(12-20)31-14-16-5-3-2-4-6-16/h2-13H,14-15H2,1H3,(H,27,28,29). The SMILES string of the molecule is Cn1ccnc1COc1cc(OCc2ccccc2)cc(-c2nc3ncc(Br)cc3[nH]2)c1. The number of rotatable bonds is 7. The number of aromatic nitrogens is 5. The van der Waals surface area contributed by atoms with E-state index in [1.807, 2.05) is 72.4 Å². The molecule has 1 N–H and O–H groups in total. The van der Waals surface area contributed by atoms with Gasteiger partial charge in [-0.05, 0) is 39.7 Å². The van der Waals surface area contributed by atoms with E-state index in [0.29, 0.717) is 36.2 Å². The predicted octanol–water partition coefficient (Wildman–Crippen LogP) is 5.28. The molecule has 0 aliphatic heterocycles. The van der Waals surface area contributed by atoms with Crippen LogP contribution in [-0.4, -0.2) is 24.5 Å². The summed E-state index contributed by atoms with van der Waals surface area (Å²) in [6.45, 7) is 0.803. The van der Waals surface area contributed by atoms with Crippen LogP contribution >= 0.6 is 15.9 Å². The van der Waals surface area contributed by atoms with Crippen molar-refractivity contribution in [1.82, 2.24) is 24.5 Å². The van der Waals surface area contributed by atoms with Gasteiger partial charge >= 0.3 is 0 Å². The van der Waals surface area contributed by atoms with Gasteiger partial charge in [0.05, 0.1) is 5.52 Å². The van der Waals surface area contributed by atoms with Gasteiger partial charge in [0, 0.05) is 41.7 Å². The first-order chi connectivity index (χ1) is 15.6. The van der Waals surface area contributed by atoms with Gasteiger partial charge in [0.15, 0.2) is 5.65 Å². The molecule has 0 saturated heterocycles. The monoisotopic (exact) mass is 489 g/mol. The van der Waals surface area contributed by atoms with E-state index in [1.54, 1.807) is 12.4 Å². The van der Waals surface area contributed by atoms with E-state index in [9.17, 15) is 0 Å². The van der Waals surface area contributed by atoms with Crippen LogP contribution in [0.25, 0.3) is 22.6 Å². The molecule has 0 saturated carbocycles. The third-order valence-corrected chi connectivity index (χ3v) is 5.43. The van der Waals surface area contributed by atoms with E-state index in [0.717, 1.165) is 26.9 Å². The summed E-state index contributed by atoms with van der Waals surface area (Å²) >= 11 is 3.45. The molecule has 0 spiro atoms. The third-order valence-electron chi connectivity index (χ3n) is 4.99. The number of H-pyrrole nitrogens is 1. The van der Waals surface area contributed by atoms with Crippen molar-refractivity contribution < 1.29 is 9.47 Å². The second-order valence-electron chi connectivity index (χ2n) is 7.32. The van der Waals surface area contributed by atoms with Crippen LogP contribution < -0.4 is 9.47 Å². The van der Waals surface area contributed by atoms with Gasteiger partial charge in [0.2, 0.25) is 0 Å². The lowest BCUT2D eigenvalue weighted by molar-refractivity contribution is 0.282. The Labute approximate surface area is 193 Å². The molecule has 2 aromatic carbocycles. The number of pyridine rings is 1. The summed E-state index contributed by atoms with van der Waals surface area (Å²) in [5, 5.41) is 0. The Morgan fingerprint density at radius 2 is 1.75 bits per heavy atom. The highest BCUT2D eigenvalue weighted by atomic mass is 79.9. The summed E-state index contributed by atoms with van der Waals surface area (Å²) in [6, 6.07) is 17.8. The molecule has 0 unspecified atom stereocenters. The fraction of sp³-hybridized carbons (Fsp3) is 0.125. The number of hydrogen-bond acceptors (Lipinski definition) is 5. The molecule has 8 heteroatoms. The smallest absolute Gasteiger partial charge is 0.178 e. The van der Waals surface area contributed by atoms with Gasteiger partial charge < -0.3 is 19.0 Å². The Morgan fingerprint density at radius 1 is 0.969 bits per heavy atom. The number of benzene rings is 2. The molecule has 0 fully saturated rings. The Morgan fingerprint density at radius 3 is 2.50 bits per heavy atom. The van der Waals surface area contributed by atoms with Crippen LogP contribution in [0.1, 0.15) is 11.4 Å². The highest BCUT2D eigenvalue weighted by Crippen LogP contribution is 2.31. The quantitative estimate of drug-likeness (QED) is 0.336. The first kappa shape index (κ1) is 20.3. The number of hydrogen-bond donors (Lipinski definition) is 1. The van der Waals surface area contributed by atoms with Crippen molar-refractivity contribution in [3.05, 3.63) is 89.0 Å². The molecule has 0 atom stereocenters. The van der Waals surface area contributed by atoms with Crippen LogP contribution in [0.5, 0.6) is 11.5 Å². The van der Waals surface area contributed by atoms with Crippen LogP contribution in [0.15, 0.2) is 77.7 Å². The van der Waals surface area contributed by atoms with Gasteiger partial charge in [0.1, 0.15) is 36.4 Å². The maximum absolute atomic E-state index is 6.08. The first-order valence-electron chi connectivity index (χ1n) is 10.1.